The van der Waals surface area contributed by atoms with Gasteiger partial charge in [-0.2, -0.15) is 5.26 Å². The predicted octanol–water partition coefficient (Wildman–Crippen LogP) is 4.79. The summed E-state index contributed by atoms with van der Waals surface area (Å²) in [6, 6.07) is 5.70. The lowest BCUT2D eigenvalue weighted by Gasteiger charge is -2.45. The van der Waals surface area contributed by atoms with Crippen molar-refractivity contribution in [2.75, 3.05) is 18.0 Å². The first-order valence-corrected chi connectivity index (χ1v) is 12.6. The van der Waals surface area contributed by atoms with Crippen molar-refractivity contribution >= 4 is 22.9 Å². The summed E-state index contributed by atoms with van der Waals surface area (Å²) in [6.07, 6.45) is 8.59. The zero-order chi connectivity index (χ0) is 25.6. The Hall–Kier alpha value is -3.67. The molecule has 1 amide bonds. The van der Waals surface area contributed by atoms with E-state index < -0.39 is 5.60 Å². The molecule has 0 aromatic carbocycles. The number of carbonyl (C=O) groups is 1. The van der Waals surface area contributed by atoms with Gasteiger partial charge < -0.3 is 14.5 Å². The molecule has 0 bridgehead atoms. The minimum absolute atomic E-state index is 0.0377. The van der Waals surface area contributed by atoms with Gasteiger partial charge in [-0.15, -0.1) is 0 Å². The lowest BCUT2D eigenvalue weighted by Crippen LogP contribution is -2.59. The molecule has 3 aromatic rings. The molecule has 1 aliphatic carbocycles. The summed E-state index contributed by atoms with van der Waals surface area (Å²) in [4.78, 5) is 31.0. The fourth-order valence-electron chi connectivity index (χ4n) is 5.11. The third-order valence-corrected chi connectivity index (χ3v) is 7.14. The molecule has 9 heteroatoms. The summed E-state index contributed by atoms with van der Waals surface area (Å²) < 4.78 is 7.65. The number of rotatable bonds is 3. The van der Waals surface area contributed by atoms with E-state index in [-0.39, 0.29) is 18.2 Å². The van der Waals surface area contributed by atoms with E-state index in [1.165, 1.54) is 12.0 Å². The number of nitrogens with zero attached hydrogens (tertiary/aromatic N) is 7. The molecule has 1 aliphatic heterocycles. The molecule has 2 aliphatic rings. The fourth-order valence-corrected chi connectivity index (χ4v) is 5.11. The quantitative estimate of drug-likeness (QED) is 0.524. The van der Waals surface area contributed by atoms with Crippen molar-refractivity contribution in [2.24, 2.45) is 0 Å². The number of amides is 1. The summed E-state index contributed by atoms with van der Waals surface area (Å²) in [7, 11) is 0. The lowest BCUT2D eigenvalue weighted by molar-refractivity contribution is 0.0130. The van der Waals surface area contributed by atoms with Gasteiger partial charge in [0.2, 0.25) is 0 Å². The number of hydrogen-bond donors (Lipinski definition) is 0. The molecule has 5 rings (SSSR count). The second-order valence-corrected chi connectivity index (χ2v) is 11.0. The number of carbonyl (C=O) groups excluding carboxylic acids is 1. The SMILES string of the molecule is C[C@@H]1CN(c2ncnc3c2c(C2CCC2)cn3-c2cc(C#N)ccn2)[C@@H](C)CN1C(=O)OC(C)(C)C. The summed E-state index contributed by atoms with van der Waals surface area (Å²) in [5.41, 5.74) is 2.04. The van der Waals surface area contributed by atoms with Crippen LogP contribution in [0.15, 0.2) is 30.9 Å². The number of fused-ring (bicyclic) bond motifs is 1. The third-order valence-electron chi connectivity index (χ3n) is 7.14. The van der Waals surface area contributed by atoms with Crippen LogP contribution in [-0.2, 0) is 4.74 Å². The average Bonchev–Trinajstić information content (AvgIpc) is 3.17. The molecule has 1 saturated carbocycles. The maximum atomic E-state index is 12.9. The molecule has 0 N–H and O–H groups in total. The first-order valence-electron chi connectivity index (χ1n) is 12.6. The molecule has 2 fully saturated rings. The van der Waals surface area contributed by atoms with Gasteiger partial charge in [-0.05, 0) is 71.1 Å². The van der Waals surface area contributed by atoms with Gasteiger partial charge in [0.15, 0.2) is 5.65 Å². The first-order chi connectivity index (χ1) is 17.2. The monoisotopic (exact) mass is 487 g/mol. The van der Waals surface area contributed by atoms with Crippen LogP contribution in [0, 0.1) is 11.3 Å². The van der Waals surface area contributed by atoms with Crippen LogP contribution in [0.4, 0.5) is 10.6 Å². The van der Waals surface area contributed by atoms with Gasteiger partial charge in [0.25, 0.3) is 0 Å². The minimum Gasteiger partial charge on any atom is -0.444 e. The largest absolute Gasteiger partial charge is 0.444 e. The van der Waals surface area contributed by atoms with Crippen molar-refractivity contribution in [1.29, 1.82) is 5.26 Å². The van der Waals surface area contributed by atoms with E-state index in [9.17, 15) is 10.1 Å². The van der Waals surface area contributed by atoms with Gasteiger partial charge in [-0.3, -0.25) is 4.57 Å². The highest BCUT2D eigenvalue weighted by Crippen LogP contribution is 2.43. The predicted molar refractivity (Wildman–Crippen MR) is 137 cm³/mol. The summed E-state index contributed by atoms with van der Waals surface area (Å²) in [5.74, 6) is 2.01. The molecule has 9 nitrogen and oxygen atoms in total. The number of aromatic nitrogens is 4. The molecular weight excluding hydrogens is 454 g/mol. The minimum atomic E-state index is -0.534. The molecule has 36 heavy (non-hydrogen) atoms. The molecule has 2 atom stereocenters. The normalized spacial score (nSPS) is 20.8. The van der Waals surface area contributed by atoms with E-state index in [0.29, 0.717) is 30.4 Å². The highest BCUT2D eigenvalue weighted by Gasteiger charge is 2.37. The van der Waals surface area contributed by atoms with Gasteiger partial charge in [-0.1, -0.05) is 6.42 Å². The molecule has 4 heterocycles. The Kier molecular flexibility index (Phi) is 6.07. The van der Waals surface area contributed by atoms with E-state index in [4.69, 9.17) is 9.72 Å². The van der Waals surface area contributed by atoms with Crippen LogP contribution >= 0.6 is 0 Å². The van der Waals surface area contributed by atoms with Crippen molar-refractivity contribution in [3.63, 3.8) is 0 Å². The zero-order valence-corrected chi connectivity index (χ0v) is 21.6. The number of piperazine rings is 1. The fraction of sp³-hybridized carbons (Fsp3) is 0.519. The van der Waals surface area contributed by atoms with Gasteiger partial charge in [-0.25, -0.2) is 19.7 Å². The van der Waals surface area contributed by atoms with Crippen LogP contribution in [0.1, 0.15) is 70.9 Å². The van der Waals surface area contributed by atoms with Gasteiger partial charge in [0.05, 0.1) is 17.0 Å². The van der Waals surface area contributed by atoms with Crippen LogP contribution in [0.25, 0.3) is 16.9 Å². The van der Waals surface area contributed by atoms with Crippen LogP contribution in [0.2, 0.25) is 0 Å². The highest BCUT2D eigenvalue weighted by atomic mass is 16.6. The highest BCUT2D eigenvalue weighted by molar-refractivity contribution is 5.93. The number of nitriles is 1. The Bertz CT molecular complexity index is 1330. The molecule has 0 radical (unpaired) electrons. The van der Waals surface area contributed by atoms with Gasteiger partial charge >= 0.3 is 6.09 Å². The maximum Gasteiger partial charge on any atom is 0.410 e. The smallest absolute Gasteiger partial charge is 0.410 e. The first kappa shape index (κ1) is 24.0. The van der Waals surface area contributed by atoms with Crippen LogP contribution < -0.4 is 4.90 Å². The maximum absolute atomic E-state index is 12.9. The number of ether oxygens (including phenoxy) is 1. The number of pyridine rings is 1. The zero-order valence-electron chi connectivity index (χ0n) is 21.6. The van der Waals surface area contributed by atoms with Crippen molar-refractivity contribution < 1.29 is 9.53 Å². The van der Waals surface area contributed by atoms with Crippen LogP contribution in [0.5, 0.6) is 0 Å². The molecule has 188 valence electrons. The molecular formula is C27H33N7O2. The van der Waals surface area contributed by atoms with Crippen LogP contribution in [-0.4, -0.2) is 61.3 Å². The van der Waals surface area contributed by atoms with E-state index in [2.05, 4.69) is 41.0 Å². The Balaban J connectivity index is 1.55. The molecule has 0 spiro atoms. The topological polar surface area (TPSA) is 100 Å². The molecule has 3 aromatic heterocycles. The van der Waals surface area contributed by atoms with E-state index in [0.717, 1.165) is 29.7 Å². The van der Waals surface area contributed by atoms with Crippen LogP contribution in [0.3, 0.4) is 0 Å². The number of hydrogen-bond acceptors (Lipinski definition) is 7. The van der Waals surface area contributed by atoms with Gasteiger partial charge in [0, 0.05) is 37.6 Å². The Morgan fingerprint density at radius 2 is 1.92 bits per heavy atom. The van der Waals surface area contributed by atoms with Gasteiger partial charge in [0.1, 0.15) is 23.6 Å². The van der Waals surface area contributed by atoms with Crippen molar-refractivity contribution in [3.05, 3.63) is 42.0 Å². The van der Waals surface area contributed by atoms with E-state index >= 15 is 0 Å². The second kappa shape index (κ2) is 9.08. The summed E-state index contributed by atoms with van der Waals surface area (Å²) >= 11 is 0. The van der Waals surface area contributed by atoms with E-state index in [1.807, 2.05) is 30.2 Å². The molecule has 1 saturated heterocycles. The average molecular weight is 488 g/mol. The second-order valence-electron chi connectivity index (χ2n) is 11.0. The summed E-state index contributed by atoms with van der Waals surface area (Å²) in [6.45, 7) is 11.0. The van der Waals surface area contributed by atoms with Crippen molar-refractivity contribution in [2.45, 2.75) is 77.5 Å². The third kappa shape index (κ3) is 4.36. The Morgan fingerprint density at radius 1 is 1.14 bits per heavy atom. The molecule has 0 unspecified atom stereocenters. The summed E-state index contributed by atoms with van der Waals surface area (Å²) in [5, 5.41) is 10.4. The standard InChI is InChI=1S/C27H33N7O2/c1-17-14-33(26(35)36-27(3,4)5)18(2)13-32(17)24-23-21(20-7-6-8-20)15-34(25(23)31-16-30-24)22-11-19(12-28)9-10-29-22/h9-11,15-18,20H,6-8,13-14H2,1-5H3/t17-,18+/m0/s1. The Morgan fingerprint density at radius 3 is 2.58 bits per heavy atom. The van der Waals surface area contributed by atoms with Crippen molar-refractivity contribution in [1.82, 2.24) is 24.4 Å². The lowest BCUT2D eigenvalue weighted by atomic mass is 9.80. The Labute approximate surface area is 211 Å². The number of anilines is 1. The van der Waals surface area contributed by atoms with E-state index in [1.54, 1.807) is 24.7 Å². The van der Waals surface area contributed by atoms with Crippen molar-refractivity contribution in [3.8, 4) is 11.9 Å².